The van der Waals surface area contributed by atoms with Crippen LogP contribution in [0.2, 0.25) is 0 Å². The summed E-state index contributed by atoms with van der Waals surface area (Å²) in [6.07, 6.45) is 0. The number of aliphatic hydroxyl groups excluding tert-OH is 1. The Morgan fingerprint density at radius 3 is 2.76 bits per heavy atom. The number of sulfonamides is 1. The number of carboxylic acid groups (broad SMARTS) is 1. The number of rotatable bonds is 6. The average Bonchev–Trinajstić information content (AvgIpc) is 2.75. The number of thiophene rings is 1. The fourth-order valence-electron chi connectivity index (χ4n) is 1.06. The summed E-state index contributed by atoms with van der Waals surface area (Å²) in [5, 5.41) is 19.0. The minimum absolute atomic E-state index is 0.0632. The normalized spacial score (nSPS) is 13.5. The van der Waals surface area contributed by atoms with Gasteiger partial charge in [-0.05, 0) is 17.4 Å². The van der Waals surface area contributed by atoms with Gasteiger partial charge in [0.25, 0.3) is 0 Å². The van der Waals surface area contributed by atoms with E-state index in [1.165, 1.54) is 11.4 Å². The molecule has 96 valence electrons. The van der Waals surface area contributed by atoms with Crippen molar-refractivity contribution in [3.63, 3.8) is 0 Å². The van der Waals surface area contributed by atoms with Gasteiger partial charge < -0.3 is 10.2 Å². The monoisotopic (exact) mass is 279 g/mol. The third-order valence-electron chi connectivity index (χ3n) is 2.05. The van der Waals surface area contributed by atoms with E-state index in [0.717, 1.165) is 11.3 Å². The molecule has 1 rings (SSSR count). The number of hydrogen-bond donors (Lipinski definition) is 3. The summed E-state index contributed by atoms with van der Waals surface area (Å²) in [5.41, 5.74) is 0. The maximum absolute atomic E-state index is 11.8. The fourth-order valence-corrected chi connectivity index (χ4v) is 3.48. The largest absolute Gasteiger partial charge is 0.477 e. The number of aliphatic hydroxyl groups is 1. The maximum atomic E-state index is 11.8. The van der Waals surface area contributed by atoms with Gasteiger partial charge >= 0.3 is 5.97 Å². The van der Waals surface area contributed by atoms with Gasteiger partial charge in [0.2, 0.25) is 10.0 Å². The summed E-state index contributed by atoms with van der Waals surface area (Å²) >= 11 is 0.856. The first-order chi connectivity index (χ1) is 7.88. The van der Waals surface area contributed by atoms with Crippen molar-refractivity contribution >= 4 is 27.3 Å². The SMILES string of the molecule is CC(CO)CNS(=O)(=O)c1ccsc1C(=O)O. The van der Waals surface area contributed by atoms with Crippen LogP contribution in [-0.2, 0) is 10.0 Å². The van der Waals surface area contributed by atoms with Crippen LogP contribution in [0, 0.1) is 5.92 Å². The van der Waals surface area contributed by atoms with Crippen molar-refractivity contribution in [3.05, 3.63) is 16.3 Å². The Bertz CT molecular complexity index is 493. The minimum atomic E-state index is -3.83. The number of carbonyl (C=O) groups is 1. The van der Waals surface area contributed by atoms with Crippen LogP contribution >= 0.6 is 11.3 Å². The van der Waals surface area contributed by atoms with Crippen molar-refractivity contribution in [2.45, 2.75) is 11.8 Å². The van der Waals surface area contributed by atoms with E-state index in [4.69, 9.17) is 10.2 Å². The molecular formula is C9H13NO5S2. The van der Waals surface area contributed by atoms with Crippen molar-refractivity contribution in [3.8, 4) is 0 Å². The number of carboxylic acids is 1. The third-order valence-corrected chi connectivity index (χ3v) is 4.54. The van der Waals surface area contributed by atoms with Crippen molar-refractivity contribution in [2.75, 3.05) is 13.2 Å². The van der Waals surface area contributed by atoms with Crippen LogP contribution in [0.4, 0.5) is 0 Å². The molecule has 1 aromatic rings. The Morgan fingerprint density at radius 2 is 2.24 bits per heavy atom. The molecule has 0 saturated heterocycles. The second kappa shape index (κ2) is 5.58. The van der Waals surface area contributed by atoms with Gasteiger partial charge in [-0.1, -0.05) is 6.92 Å². The van der Waals surface area contributed by atoms with Crippen LogP contribution in [0.5, 0.6) is 0 Å². The molecule has 0 radical (unpaired) electrons. The standard InChI is InChI=1S/C9H13NO5S2/c1-6(5-11)4-10-17(14,15)7-2-3-16-8(7)9(12)13/h2-3,6,10-11H,4-5H2,1H3,(H,12,13). The van der Waals surface area contributed by atoms with Gasteiger partial charge in [-0.2, -0.15) is 0 Å². The lowest BCUT2D eigenvalue weighted by atomic mass is 10.2. The number of aromatic carboxylic acids is 1. The molecule has 3 N–H and O–H groups in total. The second-order valence-corrected chi connectivity index (χ2v) is 6.21. The Kier molecular flexibility index (Phi) is 4.63. The molecule has 0 aliphatic rings. The van der Waals surface area contributed by atoms with Crippen molar-refractivity contribution in [2.24, 2.45) is 5.92 Å². The fraction of sp³-hybridized carbons (Fsp3) is 0.444. The van der Waals surface area contributed by atoms with E-state index < -0.39 is 16.0 Å². The first-order valence-corrected chi connectivity index (χ1v) is 7.16. The first kappa shape index (κ1) is 14.1. The molecular weight excluding hydrogens is 266 g/mol. The summed E-state index contributed by atoms with van der Waals surface area (Å²) in [6.45, 7) is 1.60. The van der Waals surface area contributed by atoms with Crippen molar-refractivity contribution in [1.82, 2.24) is 4.72 Å². The molecule has 17 heavy (non-hydrogen) atoms. The molecule has 0 aromatic carbocycles. The molecule has 1 aromatic heterocycles. The predicted octanol–water partition coefficient (Wildman–Crippen LogP) is 0.353. The van der Waals surface area contributed by atoms with Gasteiger partial charge in [-0.25, -0.2) is 17.9 Å². The van der Waals surface area contributed by atoms with Crippen LogP contribution in [0.25, 0.3) is 0 Å². The Labute approximate surface area is 103 Å². The molecule has 0 aliphatic heterocycles. The second-order valence-electron chi connectivity index (χ2n) is 3.56. The highest BCUT2D eigenvalue weighted by atomic mass is 32.2. The summed E-state index contributed by atoms with van der Waals surface area (Å²) in [7, 11) is -3.83. The van der Waals surface area contributed by atoms with Gasteiger partial charge in [0, 0.05) is 13.2 Å². The molecule has 6 nitrogen and oxygen atoms in total. The summed E-state index contributed by atoms with van der Waals surface area (Å²) in [5.74, 6) is -1.49. The molecule has 0 fully saturated rings. The molecule has 0 spiro atoms. The zero-order chi connectivity index (χ0) is 13.1. The van der Waals surface area contributed by atoms with E-state index in [1.54, 1.807) is 6.92 Å². The predicted molar refractivity (Wildman–Crippen MR) is 62.7 cm³/mol. The van der Waals surface area contributed by atoms with E-state index in [9.17, 15) is 13.2 Å². The molecule has 0 aliphatic carbocycles. The van der Waals surface area contributed by atoms with E-state index in [-0.39, 0.29) is 28.8 Å². The molecule has 0 saturated carbocycles. The van der Waals surface area contributed by atoms with Crippen LogP contribution in [0.3, 0.4) is 0 Å². The third kappa shape index (κ3) is 3.50. The van der Waals surface area contributed by atoms with E-state index in [0.29, 0.717) is 0 Å². The van der Waals surface area contributed by atoms with Crippen molar-refractivity contribution in [1.29, 1.82) is 0 Å². The van der Waals surface area contributed by atoms with Gasteiger partial charge in [-0.3, -0.25) is 0 Å². The Balaban J connectivity index is 2.90. The summed E-state index contributed by atoms with van der Waals surface area (Å²) in [4.78, 5) is 10.4. The first-order valence-electron chi connectivity index (χ1n) is 4.79. The highest BCUT2D eigenvalue weighted by Gasteiger charge is 2.23. The van der Waals surface area contributed by atoms with Crippen LogP contribution < -0.4 is 4.72 Å². The highest BCUT2D eigenvalue weighted by molar-refractivity contribution is 7.89. The molecule has 8 heteroatoms. The van der Waals surface area contributed by atoms with Crippen LogP contribution in [0.15, 0.2) is 16.3 Å². The number of hydrogen-bond acceptors (Lipinski definition) is 5. The Hall–Kier alpha value is -0.960. The zero-order valence-corrected chi connectivity index (χ0v) is 10.7. The van der Waals surface area contributed by atoms with Gasteiger partial charge in [0.1, 0.15) is 9.77 Å². The van der Waals surface area contributed by atoms with E-state index in [2.05, 4.69) is 4.72 Å². The quantitative estimate of drug-likeness (QED) is 0.697. The molecule has 1 atom stereocenters. The highest BCUT2D eigenvalue weighted by Crippen LogP contribution is 2.21. The lowest BCUT2D eigenvalue weighted by Crippen LogP contribution is -2.30. The maximum Gasteiger partial charge on any atom is 0.347 e. The molecule has 1 unspecified atom stereocenters. The molecule has 1 heterocycles. The molecule has 0 bridgehead atoms. The summed E-state index contributed by atoms with van der Waals surface area (Å²) < 4.78 is 25.8. The summed E-state index contributed by atoms with van der Waals surface area (Å²) in [6, 6.07) is 1.25. The lowest BCUT2D eigenvalue weighted by Gasteiger charge is -2.09. The van der Waals surface area contributed by atoms with E-state index >= 15 is 0 Å². The molecule has 0 amide bonds. The lowest BCUT2D eigenvalue weighted by molar-refractivity contribution is 0.0698. The van der Waals surface area contributed by atoms with Crippen LogP contribution in [-0.4, -0.2) is 37.8 Å². The smallest absolute Gasteiger partial charge is 0.347 e. The topological polar surface area (TPSA) is 104 Å². The Morgan fingerprint density at radius 1 is 1.59 bits per heavy atom. The van der Waals surface area contributed by atoms with E-state index in [1.807, 2.05) is 0 Å². The van der Waals surface area contributed by atoms with Crippen molar-refractivity contribution < 1.29 is 23.4 Å². The van der Waals surface area contributed by atoms with Crippen LogP contribution in [0.1, 0.15) is 16.6 Å². The van der Waals surface area contributed by atoms with Gasteiger partial charge in [0.05, 0.1) is 0 Å². The zero-order valence-electron chi connectivity index (χ0n) is 9.08. The average molecular weight is 279 g/mol. The number of nitrogens with one attached hydrogen (secondary N) is 1. The van der Waals surface area contributed by atoms with Gasteiger partial charge in [0.15, 0.2) is 0 Å². The minimum Gasteiger partial charge on any atom is -0.477 e. The van der Waals surface area contributed by atoms with Gasteiger partial charge in [-0.15, -0.1) is 11.3 Å².